The number of fused-ring (bicyclic) bond motifs is 1. The molecule has 20 heavy (non-hydrogen) atoms. The highest BCUT2D eigenvalue weighted by molar-refractivity contribution is 5.93. The Bertz CT molecular complexity index is 591. The lowest BCUT2D eigenvalue weighted by Crippen LogP contribution is -2.36. The van der Waals surface area contributed by atoms with Crippen LogP contribution in [0.2, 0.25) is 0 Å². The van der Waals surface area contributed by atoms with Gasteiger partial charge < -0.3 is 15.4 Å². The molecule has 0 radical (unpaired) electrons. The van der Waals surface area contributed by atoms with Crippen molar-refractivity contribution < 1.29 is 4.74 Å². The van der Waals surface area contributed by atoms with Crippen molar-refractivity contribution in [2.45, 2.75) is 12.8 Å². The molecule has 0 bridgehead atoms. The second-order valence-corrected chi connectivity index (χ2v) is 5.39. The zero-order chi connectivity index (χ0) is 13.9. The summed E-state index contributed by atoms with van der Waals surface area (Å²) >= 11 is 0. The van der Waals surface area contributed by atoms with Crippen LogP contribution in [0.25, 0.3) is 10.8 Å². The maximum absolute atomic E-state index is 5.76. The van der Waals surface area contributed by atoms with Gasteiger partial charge >= 0.3 is 0 Å². The van der Waals surface area contributed by atoms with Crippen LogP contribution in [-0.4, -0.2) is 31.7 Å². The van der Waals surface area contributed by atoms with Crippen LogP contribution in [0.15, 0.2) is 30.5 Å². The maximum Gasteiger partial charge on any atom is 0.136 e. The molecule has 0 unspecified atom stereocenters. The van der Waals surface area contributed by atoms with Gasteiger partial charge in [0.2, 0.25) is 0 Å². The molecular weight excluding hydrogens is 250 g/mol. The van der Waals surface area contributed by atoms with Crippen LogP contribution in [0.1, 0.15) is 12.8 Å². The zero-order valence-electron chi connectivity index (χ0n) is 11.9. The molecular formula is C16H21N3O. The van der Waals surface area contributed by atoms with Gasteiger partial charge in [0.15, 0.2) is 0 Å². The Labute approximate surface area is 119 Å². The number of rotatable bonds is 3. The summed E-state index contributed by atoms with van der Waals surface area (Å²) in [6.45, 7) is 2.88. The van der Waals surface area contributed by atoms with Crippen LogP contribution < -0.4 is 15.4 Å². The Balaban J connectivity index is 1.92. The molecule has 4 nitrogen and oxygen atoms in total. The number of hydrogen-bond donors (Lipinski definition) is 1. The molecule has 0 aliphatic carbocycles. The third-order valence-corrected chi connectivity index (χ3v) is 4.20. The molecule has 3 rings (SSSR count). The quantitative estimate of drug-likeness (QED) is 0.931. The van der Waals surface area contributed by atoms with Crippen LogP contribution in [0.4, 0.5) is 5.82 Å². The van der Waals surface area contributed by atoms with Crippen molar-refractivity contribution in [1.82, 2.24) is 4.98 Å². The minimum atomic E-state index is 0.668. The Hall–Kier alpha value is -1.81. The van der Waals surface area contributed by atoms with Gasteiger partial charge in [-0.3, -0.25) is 0 Å². The molecule has 0 atom stereocenters. The van der Waals surface area contributed by atoms with Gasteiger partial charge in [0.1, 0.15) is 11.6 Å². The number of pyridine rings is 1. The number of nitrogens with two attached hydrogens (primary N) is 1. The fourth-order valence-electron chi connectivity index (χ4n) is 2.90. The molecule has 2 N–H and O–H groups in total. The van der Waals surface area contributed by atoms with E-state index in [2.05, 4.69) is 22.0 Å². The van der Waals surface area contributed by atoms with E-state index in [4.69, 9.17) is 10.5 Å². The molecule has 1 fully saturated rings. The summed E-state index contributed by atoms with van der Waals surface area (Å²) in [5.41, 5.74) is 5.76. The van der Waals surface area contributed by atoms with Gasteiger partial charge in [0.05, 0.1) is 7.11 Å². The van der Waals surface area contributed by atoms with Crippen molar-refractivity contribution in [2.24, 2.45) is 11.7 Å². The highest BCUT2D eigenvalue weighted by atomic mass is 16.5. The first kappa shape index (κ1) is 13.2. The predicted molar refractivity (Wildman–Crippen MR) is 82.3 cm³/mol. The first-order valence-electron chi connectivity index (χ1n) is 7.19. The smallest absolute Gasteiger partial charge is 0.136 e. The minimum absolute atomic E-state index is 0.668. The average molecular weight is 271 g/mol. The molecule has 1 saturated heterocycles. The molecule has 1 aromatic heterocycles. The summed E-state index contributed by atoms with van der Waals surface area (Å²) < 4.78 is 5.29. The Morgan fingerprint density at radius 3 is 2.80 bits per heavy atom. The average Bonchev–Trinajstić information content (AvgIpc) is 2.54. The molecule has 0 amide bonds. The Morgan fingerprint density at radius 2 is 2.10 bits per heavy atom. The van der Waals surface area contributed by atoms with Crippen molar-refractivity contribution in [2.75, 3.05) is 31.6 Å². The van der Waals surface area contributed by atoms with Gasteiger partial charge in [-0.05, 0) is 55.0 Å². The maximum atomic E-state index is 5.76. The molecule has 1 aromatic carbocycles. The second kappa shape index (κ2) is 5.67. The number of hydrogen-bond acceptors (Lipinski definition) is 4. The standard InChI is InChI=1S/C16H21N3O/c1-20-14-2-3-15-13(10-14)4-7-18-16(15)19-8-5-12(11-17)6-9-19/h2-4,7,10,12H,5-6,8-9,11,17H2,1H3. The topological polar surface area (TPSA) is 51.4 Å². The molecule has 106 valence electrons. The first-order valence-corrected chi connectivity index (χ1v) is 7.19. The minimum Gasteiger partial charge on any atom is -0.497 e. The number of aromatic nitrogens is 1. The SMILES string of the molecule is COc1ccc2c(N3CCC(CN)CC3)nccc2c1. The van der Waals surface area contributed by atoms with Gasteiger partial charge in [-0.1, -0.05) is 0 Å². The molecule has 1 aliphatic rings. The van der Waals surface area contributed by atoms with Crippen molar-refractivity contribution in [3.63, 3.8) is 0 Å². The van der Waals surface area contributed by atoms with Gasteiger partial charge in [0.25, 0.3) is 0 Å². The lowest BCUT2D eigenvalue weighted by atomic mass is 9.97. The molecule has 4 heteroatoms. The van der Waals surface area contributed by atoms with E-state index >= 15 is 0 Å². The molecule has 0 spiro atoms. The van der Waals surface area contributed by atoms with Crippen LogP contribution in [0, 0.1) is 5.92 Å². The van der Waals surface area contributed by atoms with E-state index in [0.29, 0.717) is 5.92 Å². The number of anilines is 1. The van der Waals surface area contributed by atoms with E-state index in [1.807, 2.05) is 18.3 Å². The van der Waals surface area contributed by atoms with Crippen LogP contribution in [0.3, 0.4) is 0 Å². The third kappa shape index (κ3) is 2.43. The van der Waals surface area contributed by atoms with E-state index in [9.17, 15) is 0 Å². The lowest BCUT2D eigenvalue weighted by Gasteiger charge is -2.32. The second-order valence-electron chi connectivity index (χ2n) is 5.39. The lowest BCUT2D eigenvalue weighted by molar-refractivity contribution is 0.413. The van der Waals surface area contributed by atoms with Gasteiger partial charge in [-0.15, -0.1) is 0 Å². The van der Waals surface area contributed by atoms with Crippen LogP contribution >= 0.6 is 0 Å². The third-order valence-electron chi connectivity index (χ3n) is 4.20. The largest absolute Gasteiger partial charge is 0.497 e. The summed E-state index contributed by atoms with van der Waals surface area (Å²) in [4.78, 5) is 6.97. The van der Waals surface area contributed by atoms with Crippen molar-refractivity contribution in [3.05, 3.63) is 30.5 Å². The number of ether oxygens (including phenoxy) is 1. The van der Waals surface area contributed by atoms with Crippen molar-refractivity contribution in [1.29, 1.82) is 0 Å². The Kier molecular flexibility index (Phi) is 3.74. The number of nitrogens with zero attached hydrogens (tertiary/aromatic N) is 2. The van der Waals surface area contributed by atoms with Gasteiger partial charge in [-0.2, -0.15) is 0 Å². The summed E-state index contributed by atoms with van der Waals surface area (Å²) in [6, 6.07) is 8.20. The monoisotopic (exact) mass is 271 g/mol. The van der Waals surface area contributed by atoms with Crippen molar-refractivity contribution >= 4 is 16.6 Å². The van der Waals surface area contributed by atoms with Crippen LogP contribution in [-0.2, 0) is 0 Å². The molecule has 2 heterocycles. The molecule has 0 saturated carbocycles. The fourth-order valence-corrected chi connectivity index (χ4v) is 2.90. The van der Waals surface area contributed by atoms with Crippen LogP contribution in [0.5, 0.6) is 5.75 Å². The summed E-state index contributed by atoms with van der Waals surface area (Å²) in [6.07, 6.45) is 4.20. The van der Waals surface area contributed by atoms with Gasteiger partial charge in [-0.25, -0.2) is 4.98 Å². The van der Waals surface area contributed by atoms with Crippen molar-refractivity contribution in [3.8, 4) is 5.75 Å². The highest BCUT2D eigenvalue weighted by Gasteiger charge is 2.20. The molecule has 2 aromatic rings. The van der Waals surface area contributed by atoms with E-state index in [1.165, 1.54) is 10.8 Å². The zero-order valence-corrected chi connectivity index (χ0v) is 11.9. The summed E-state index contributed by atoms with van der Waals surface area (Å²) in [5, 5.41) is 2.37. The molecule has 1 aliphatic heterocycles. The van der Waals surface area contributed by atoms with E-state index in [0.717, 1.165) is 44.0 Å². The first-order chi connectivity index (χ1) is 9.81. The normalized spacial score (nSPS) is 16.6. The highest BCUT2D eigenvalue weighted by Crippen LogP contribution is 2.30. The number of piperidine rings is 1. The number of methoxy groups -OCH3 is 1. The van der Waals surface area contributed by atoms with E-state index < -0.39 is 0 Å². The summed E-state index contributed by atoms with van der Waals surface area (Å²) in [7, 11) is 1.70. The van der Waals surface area contributed by atoms with E-state index in [-0.39, 0.29) is 0 Å². The number of benzene rings is 1. The predicted octanol–water partition coefficient (Wildman–Crippen LogP) is 2.42. The summed E-state index contributed by atoms with van der Waals surface area (Å²) in [5.74, 6) is 2.64. The van der Waals surface area contributed by atoms with E-state index in [1.54, 1.807) is 7.11 Å². The fraction of sp³-hybridized carbons (Fsp3) is 0.438. The van der Waals surface area contributed by atoms with Gasteiger partial charge in [0, 0.05) is 24.7 Å². The Morgan fingerprint density at radius 1 is 1.30 bits per heavy atom.